The van der Waals surface area contributed by atoms with Gasteiger partial charge in [-0.3, -0.25) is 10.1 Å². The number of nitrogens with two attached hydrogens (primary N) is 1. The third-order valence-electron chi connectivity index (χ3n) is 2.86. The van der Waals surface area contributed by atoms with E-state index < -0.39 is 4.92 Å². The fraction of sp³-hybridized carbons (Fsp3) is 0.308. The lowest BCUT2D eigenvalue weighted by molar-refractivity contribution is -0.384. The summed E-state index contributed by atoms with van der Waals surface area (Å²) in [4.78, 5) is 10.4. The van der Waals surface area contributed by atoms with E-state index in [0.717, 1.165) is 10.2 Å². The Hall–Kier alpha value is -1.89. The van der Waals surface area contributed by atoms with Gasteiger partial charge < -0.3 is 5.73 Å². The molecule has 0 saturated heterocycles. The van der Waals surface area contributed by atoms with Crippen LogP contribution in [0, 0.1) is 10.1 Å². The van der Waals surface area contributed by atoms with Crippen LogP contribution in [-0.2, 0) is 5.41 Å². The molecule has 2 N–H and O–H groups in total. The molecule has 0 radical (unpaired) electrons. The van der Waals surface area contributed by atoms with E-state index in [1.54, 1.807) is 12.1 Å². The zero-order chi connectivity index (χ0) is 15.1. The summed E-state index contributed by atoms with van der Waals surface area (Å²) < 4.78 is 2.23. The Morgan fingerprint density at radius 3 is 2.55 bits per heavy atom. The van der Waals surface area contributed by atoms with Crippen LogP contribution in [0.3, 0.4) is 0 Å². The fourth-order valence-electron chi connectivity index (χ4n) is 1.83. The van der Waals surface area contributed by atoms with Gasteiger partial charge in [0.1, 0.15) is 5.82 Å². The molecule has 0 spiro atoms. The number of nitrogens with zero attached hydrogens (tertiary/aromatic N) is 3. The summed E-state index contributed by atoms with van der Waals surface area (Å²) in [5.74, 6) is 0.426. The third kappa shape index (κ3) is 2.53. The Balaban J connectivity index is 2.59. The highest BCUT2D eigenvalue weighted by molar-refractivity contribution is 9.10. The van der Waals surface area contributed by atoms with Crippen LogP contribution in [-0.4, -0.2) is 14.7 Å². The molecule has 2 aromatic rings. The van der Waals surface area contributed by atoms with Crippen LogP contribution in [0.4, 0.5) is 11.5 Å². The topological polar surface area (TPSA) is 87.0 Å². The number of nitro benzene ring substituents is 1. The van der Waals surface area contributed by atoms with E-state index >= 15 is 0 Å². The van der Waals surface area contributed by atoms with Gasteiger partial charge in [0.15, 0.2) is 0 Å². The van der Waals surface area contributed by atoms with Crippen molar-refractivity contribution >= 4 is 27.4 Å². The predicted octanol–water partition coefficient (Wildman–Crippen LogP) is 3.42. The molecule has 0 bridgehead atoms. The first-order valence-electron chi connectivity index (χ1n) is 6.01. The first kappa shape index (κ1) is 14.5. The molecule has 0 saturated carbocycles. The van der Waals surface area contributed by atoms with Crippen molar-refractivity contribution in [2.45, 2.75) is 26.2 Å². The highest BCUT2D eigenvalue weighted by Crippen LogP contribution is 2.34. The van der Waals surface area contributed by atoms with Crippen LogP contribution >= 0.6 is 15.9 Å². The Kier molecular flexibility index (Phi) is 3.56. The zero-order valence-electron chi connectivity index (χ0n) is 11.4. The predicted molar refractivity (Wildman–Crippen MR) is 81.0 cm³/mol. The third-order valence-corrected chi connectivity index (χ3v) is 3.64. The number of rotatable bonds is 2. The molecule has 0 aliphatic heterocycles. The van der Waals surface area contributed by atoms with Crippen molar-refractivity contribution in [3.05, 3.63) is 44.5 Å². The molecular formula is C13H15BrN4O2. The van der Waals surface area contributed by atoms with Gasteiger partial charge in [0.2, 0.25) is 0 Å². The van der Waals surface area contributed by atoms with Crippen molar-refractivity contribution in [2.24, 2.45) is 0 Å². The number of anilines is 1. The first-order chi connectivity index (χ1) is 9.21. The molecule has 1 heterocycles. The van der Waals surface area contributed by atoms with E-state index in [1.807, 2.05) is 20.8 Å². The van der Waals surface area contributed by atoms with Gasteiger partial charge in [0.25, 0.3) is 5.69 Å². The summed E-state index contributed by atoms with van der Waals surface area (Å²) in [6.45, 7) is 6.08. The van der Waals surface area contributed by atoms with E-state index in [0.29, 0.717) is 11.5 Å². The summed E-state index contributed by atoms with van der Waals surface area (Å²) >= 11 is 3.44. The molecule has 20 heavy (non-hydrogen) atoms. The summed E-state index contributed by atoms with van der Waals surface area (Å²) in [6, 6.07) is 6.22. The fourth-order valence-corrected chi connectivity index (χ4v) is 2.67. The van der Waals surface area contributed by atoms with Gasteiger partial charge in [-0.25, -0.2) is 4.68 Å². The van der Waals surface area contributed by atoms with Crippen molar-refractivity contribution < 1.29 is 4.92 Å². The number of hydrogen-bond acceptors (Lipinski definition) is 4. The van der Waals surface area contributed by atoms with Gasteiger partial charge in [0, 0.05) is 17.5 Å². The van der Waals surface area contributed by atoms with E-state index in [9.17, 15) is 10.1 Å². The first-order valence-corrected chi connectivity index (χ1v) is 6.80. The average molecular weight is 339 g/mol. The Bertz CT molecular complexity index is 673. The molecule has 0 aliphatic rings. The van der Waals surface area contributed by atoms with Crippen molar-refractivity contribution in [1.82, 2.24) is 9.78 Å². The molecule has 7 heteroatoms. The number of non-ortho nitro benzene ring substituents is 1. The van der Waals surface area contributed by atoms with Crippen LogP contribution in [0.25, 0.3) is 5.69 Å². The van der Waals surface area contributed by atoms with Crippen molar-refractivity contribution in [3.63, 3.8) is 0 Å². The largest absolute Gasteiger partial charge is 0.383 e. The molecule has 0 aliphatic carbocycles. The highest BCUT2D eigenvalue weighted by atomic mass is 79.9. The summed E-state index contributed by atoms with van der Waals surface area (Å²) in [7, 11) is 0. The summed E-state index contributed by atoms with van der Waals surface area (Å²) in [6.07, 6.45) is 0. The molecule has 1 aromatic carbocycles. The molecule has 0 atom stereocenters. The normalized spacial score (nSPS) is 11.6. The van der Waals surface area contributed by atoms with E-state index in [2.05, 4.69) is 21.0 Å². The minimum Gasteiger partial charge on any atom is -0.383 e. The standard InChI is InChI=1S/C13H15BrN4O2/c1-13(2,3)11-10(14)12(15)17(16-11)8-5-4-6-9(7-8)18(19)20/h4-7H,15H2,1-3H3. The quantitative estimate of drug-likeness (QED) is 0.671. The van der Waals surface area contributed by atoms with Crippen LogP contribution in [0.1, 0.15) is 26.5 Å². The van der Waals surface area contributed by atoms with Gasteiger partial charge in [0.05, 0.1) is 20.8 Å². The van der Waals surface area contributed by atoms with E-state index in [4.69, 9.17) is 5.73 Å². The lowest BCUT2D eigenvalue weighted by Crippen LogP contribution is -2.13. The molecule has 6 nitrogen and oxygen atoms in total. The van der Waals surface area contributed by atoms with Crippen LogP contribution in [0.2, 0.25) is 0 Å². The molecule has 2 rings (SSSR count). The van der Waals surface area contributed by atoms with Gasteiger partial charge in [-0.1, -0.05) is 26.8 Å². The number of hydrogen-bond donors (Lipinski definition) is 1. The second-order valence-corrected chi connectivity index (χ2v) is 6.28. The maximum absolute atomic E-state index is 10.8. The Morgan fingerprint density at radius 1 is 1.40 bits per heavy atom. The van der Waals surface area contributed by atoms with Crippen molar-refractivity contribution in [2.75, 3.05) is 5.73 Å². The summed E-state index contributed by atoms with van der Waals surface area (Å²) in [5.41, 5.74) is 7.24. The van der Waals surface area contributed by atoms with Gasteiger partial charge in [-0.05, 0) is 22.0 Å². The Labute approximate surface area is 124 Å². The molecule has 0 unspecified atom stereocenters. The summed E-state index contributed by atoms with van der Waals surface area (Å²) in [5, 5.41) is 15.3. The van der Waals surface area contributed by atoms with Crippen LogP contribution in [0.15, 0.2) is 28.7 Å². The number of nitro groups is 1. The molecular weight excluding hydrogens is 324 g/mol. The molecule has 106 valence electrons. The second-order valence-electron chi connectivity index (χ2n) is 5.49. The lowest BCUT2D eigenvalue weighted by atomic mass is 9.92. The van der Waals surface area contributed by atoms with Crippen LogP contribution < -0.4 is 5.73 Å². The number of halogens is 1. The number of aromatic nitrogens is 2. The smallest absolute Gasteiger partial charge is 0.271 e. The molecule has 0 fully saturated rings. The highest BCUT2D eigenvalue weighted by Gasteiger charge is 2.25. The molecule has 1 aromatic heterocycles. The van der Waals surface area contributed by atoms with Gasteiger partial charge in [-0.15, -0.1) is 0 Å². The Morgan fingerprint density at radius 2 is 2.05 bits per heavy atom. The van der Waals surface area contributed by atoms with Gasteiger partial charge >= 0.3 is 0 Å². The molecule has 0 amide bonds. The van der Waals surface area contributed by atoms with Gasteiger partial charge in [-0.2, -0.15) is 5.10 Å². The van der Waals surface area contributed by atoms with Crippen molar-refractivity contribution in [3.8, 4) is 5.69 Å². The van der Waals surface area contributed by atoms with E-state index in [-0.39, 0.29) is 11.1 Å². The zero-order valence-corrected chi connectivity index (χ0v) is 13.0. The monoisotopic (exact) mass is 338 g/mol. The minimum atomic E-state index is -0.442. The van der Waals surface area contributed by atoms with Crippen molar-refractivity contribution in [1.29, 1.82) is 0 Å². The van der Waals surface area contributed by atoms with E-state index in [1.165, 1.54) is 16.8 Å². The van der Waals surface area contributed by atoms with Crippen LogP contribution in [0.5, 0.6) is 0 Å². The number of benzene rings is 1. The second kappa shape index (κ2) is 4.90. The maximum atomic E-state index is 10.8. The minimum absolute atomic E-state index is 0.00540. The average Bonchev–Trinajstić information content (AvgIpc) is 2.66. The number of nitrogen functional groups attached to an aromatic ring is 1. The SMILES string of the molecule is CC(C)(C)c1nn(-c2cccc([N+](=O)[O-])c2)c(N)c1Br. The maximum Gasteiger partial charge on any atom is 0.271 e. The lowest BCUT2D eigenvalue weighted by Gasteiger charge is -2.15.